The lowest BCUT2D eigenvalue weighted by Gasteiger charge is -2.11. The van der Waals surface area contributed by atoms with Gasteiger partial charge in [0.2, 0.25) is 5.91 Å². The highest BCUT2D eigenvalue weighted by Gasteiger charge is 2.31. The zero-order valence-electron chi connectivity index (χ0n) is 15.3. The molecule has 0 aliphatic heterocycles. The number of benzene rings is 2. The number of hydrogen-bond acceptors (Lipinski definition) is 4. The number of aromatic nitrogens is 3. The van der Waals surface area contributed by atoms with Gasteiger partial charge in [0, 0.05) is 17.3 Å². The summed E-state index contributed by atoms with van der Waals surface area (Å²) in [6.45, 7) is 2.08. The minimum Gasteiger partial charge on any atom is -0.325 e. The predicted molar refractivity (Wildman–Crippen MR) is 109 cm³/mol. The summed E-state index contributed by atoms with van der Waals surface area (Å²) in [6, 6.07) is 18.0. The zero-order valence-corrected chi connectivity index (χ0v) is 16.1. The number of nitrogens with zero attached hydrogens (tertiary/aromatic N) is 3. The number of nitrogens with one attached hydrogen (secondary N) is 1. The van der Waals surface area contributed by atoms with Crippen molar-refractivity contribution < 1.29 is 4.79 Å². The monoisotopic (exact) mass is 378 g/mol. The van der Waals surface area contributed by atoms with Gasteiger partial charge in [-0.05, 0) is 43.0 Å². The van der Waals surface area contributed by atoms with Gasteiger partial charge in [-0.3, -0.25) is 9.36 Å². The molecule has 1 aliphatic carbocycles. The first kappa shape index (κ1) is 17.8. The van der Waals surface area contributed by atoms with Crippen LogP contribution in [-0.2, 0) is 11.2 Å². The Balaban J connectivity index is 1.49. The highest BCUT2D eigenvalue weighted by Crippen LogP contribution is 2.41. The molecule has 1 saturated carbocycles. The average Bonchev–Trinajstić information content (AvgIpc) is 3.47. The molecule has 3 aromatic rings. The van der Waals surface area contributed by atoms with Crippen molar-refractivity contribution >= 4 is 23.4 Å². The summed E-state index contributed by atoms with van der Waals surface area (Å²) < 4.78 is 2.09. The van der Waals surface area contributed by atoms with Gasteiger partial charge >= 0.3 is 0 Å². The van der Waals surface area contributed by atoms with Crippen molar-refractivity contribution in [2.45, 2.75) is 37.3 Å². The fourth-order valence-electron chi connectivity index (χ4n) is 3.07. The molecule has 0 spiro atoms. The number of para-hydroxylation sites is 2. The summed E-state index contributed by atoms with van der Waals surface area (Å²) in [5, 5.41) is 12.5. The van der Waals surface area contributed by atoms with Crippen molar-refractivity contribution in [3.05, 3.63) is 66.0 Å². The molecule has 138 valence electrons. The third-order valence-corrected chi connectivity index (χ3v) is 5.55. The number of hydrogen-bond donors (Lipinski definition) is 1. The molecule has 0 saturated heterocycles. The van der Waals surface area contributed by atoms with Crippen molar-refractivity contribution in [3.63, 3.8) is 0 Å². The minimum atomic E-state index is -0.0310. The fourth-order valence-corrected chi connectivity index (χ4v) is 3.83. The van der Waals surface area contributed by atoms with Crippen LogP contribution in [0.4, 0.5) is 5.69 Å². The maximum atomic E-state index is 12.5. The van der Waals surface area contributed by atoms with E-state index in [1.807, 2.05) is 42.5 Å². The largest absolute Gasteiger partial charge is 0.325 e. The molecule has 2 aromatic carbocycles. The molecule has 1 heterocycles. The SMILES string of the molecule is CCc1ccccc1NC(=O)CSc1nnc(C2CC2)n1-c1ccccc1. The molecule has 0 atom stereocenters. The molecule has 1 N–H and O–H groups in total. The summed E-state index contributed by atoms with van der Waals surface area (Å²) >= 11 is 1.43. The third kappa shape index (κ3) is 4.06. The van der Waals surface area contributed by atoms with E-state index < -0.39 is 0 Å². The van der Waals surface area contributed by atoms with Crippen LogP contribution in [0.25, 0.3) is 5.69 Å². The van der Waals surface area contributed by atoms with Crippen LogP contribution in [0.3, 0.4) is 0 Å². The molecule has 27 heavy (non-hydrogen) atoms. The van der Waals surface area contributed by atoms with Crippen molar-refractivity contribution in [1.29, 1.82) is 0 Å². The van der Waals surface area contributed by atoms with Gasteiger partial charge in [0.25, 0.3) is 0 Å². The predicted octanol–water partition coefficient (Wildman–Crippen LogP) is 4.44. The molecule has 1 aromatic heterocycles. The summed E-state index contributed by atoms with van der Waals surface area (Å²) in [7, 11) is 0. The first-order valence-electron chi connectivity index (χ1n) is 9.27. The lowest BCUT2D eigenvalue weighted by atomic mass is 10.1. The third-order valence-electron chi connectivity index (χ3n) is 4.62. The van der Waals surface area contributed by atoms with Gasteiger partial charge in [-0.1, -0.05) is 55.1 Å². The van der Waals surface area contributed by atoms with Crippen LogP contribution in [-0.4, -0.2) is 26.4 Å². The second-order valence-corrected chi connectivity index (χ2v) is 7.58. The Kier molecular flexibility index (Phi) is 5.25. The number of carbonyl (C=O) groups is 1. The number of anilines is 1. The Labute approximate surface area is 163 Å². The topological polar surface area (TPSA) is 59.8 Å². The quantitative estimate of drug-likeness (QED) is 0.618. The van der Waals surface area contributed by atoms with E-state index in [4.69, 9.17) is 0 Å². The maximum absolute atomic E-state index is 12.5. The first-order chi connectivity index (χ1) is 13.3. The second-order valence-electron chi connectivity index (χ2n) is 6.63. The number of amides is 1. The van der Waals surface area contributed by atoms with Gasteiger partial charge in [-0.2, -0.15) is 0 Å². The molecule has 4 rings (SSSR count). The van der Waals surface area contributed by atoms with Crippen LogP contribution in [0.1, 0.15) is 37.1 Å². The van der Waals surface area contributed by atoms with Gasteiger partial charge in [0.05, 0.1) is 5.75 Å². The van der Waals surface area contributed by atoms with Crippen molar-refractivity contribution in [3.8, 4) is 5.69 Å². The van der Waals surface area contributed by atoms with Gasteiger partial charge in [-0.15, -0.1) is 10.2 Å². The molecule has 0 unspecified atom stereocenters. The fraction of sp³-hybridized carbons (Fsp3) is 0.286. The molecule has 6 heteroatoms. The summed E-state index contributed by atoms with van der Waals surface area (Å²) in [5.74, 6) is 1.75. The van der Waals surface area contributed by atoms with Crippen LogP contribution in [0, 0.1) is 0 Å². The number of thioether (sulfide) groups is 1. The highest BCUT2D eigenvalue weighted by atomic mass is 32.2. The van der Waals surface area contributed by atoms with Crippen molar-refractivity contribution in [2.75, 3.05) is 11.1 Å². The molecule has 1 aliphatic rings. The summed E-state index contributed by atoms with van der Waals surface area (Å²) in [5.41, 5.74) is 3.07. The van der Waals surface area contributed by atoms with Gasteiger partial charge in [0.1, 0.15) is 5.82 Å². The molecule has 5 nitrogen and oxygen atoms in total. The van der Waals surface area contributed by atoms with E-state index in [0.717, 1.165) is 47.2 Å². The highest BCUT2D eigenvalue weighted by molar-refractivity contribution is 7.99. The average molecular weight is 379 g/mol. The molecule has 0 radical (unpaired) electrons. The molecular weight excluding hydrogens is 356 g/mol. The van der Waals surface area contributed by atoms with E-state index in [1.54, 1.807) is 0 Å². The maximum Gasteiger partial charge on any atom is 0.234 e. The Morgan fingerprint density at radius 1 is 1.11 bits per heavy atom. The Bertz CT molecular complexity index is 934. The van der Waals surface area contributed by atoms with E-state index in [9.17, 15) is 4.79 Å². The molecule has 1 fully saturated rings. The number of carbonyl (C=O) groups excluding carboxylic acids is 1. The Morgan fingerprint density at radius 2 is 1.85 bits per heavy atom. The van der Waals surface area contributed by atoms with E-state index >= 15 is 0 Å². The van der Waals surface area contributed by atoms with Crippen LogP contribution < -0.4 is 5.32 Å². The number of aryl methyl sites for hydroxylation is 1. The van der Waals surface area contributed by atoms with Crippen LogP contribution >= 0.6 is 11.8 Å². The second kappa shape index (κ2) is 7.96. The van der Waals surface area contributed by atoms with Crippen molar-refractivity contribution in [2.24, 2.45) is 0 Å². The molecule has 0 bridgehead atoms. The van der Waals surface area contributed by atoms with Gasteiger partial charge in [-0.25, -0.2) is 0 Å². The lowest BCUT2D eigenvalue weighted by molar-refractivity contribution is -0.113. The molecular formula is C21H22N4OS. The molecule has 1 amide bonds. The van der Waals surface area contributed by atoms with E-state index in [-0.39, 0.29) is 5.91 Å². The summed E-state index contributed by atoms with van der Waals surface area (Å²) in [4.78, 5) is 12.5. The Hall–Kier alpha value is -2.60. The standard InChI is InChI=1S/C21H22N4OS/c1-2-15-8-6-7-11-18(15)22-19(26)14-27-21-24-23-20(16-12-13-16)25(21)17-9-4-3-5-10-17/h3-11,16H,2,12-14H2,1H3,(H,22,26). The van der Waals surface area contributed by atoms with Gasteiger partial charge in [0.15, 0.2) is 5.16 Å². The van der Waals surface area contributed by atoms with Crippen LogP contribution in [0.5, 0.6) is 0 Å². The van der Waals surface area contributed by atoms with E-state index in [0.29, 0.717) is 11.7 Å². The van der Waals surface area contributed by atoms with E-state index in [1.165, 1.54) is 11.8 Å². The zero-order chi connectivity index (χ0) is 18.6. The smallest absolute Gasteiger partial charge is 0.234 e. The summed E-state index contributed by atoms with van der Waals surface area (Å²) in [6.07, 6.45) is 3.20. The Morgan fingerprint density at radius 3 is 2.59 bits per heavy atom. The van der Waals surface area contributed by atoms with E-state index in [2.05, 4.69) is 39.1 Å². The minimum absolute atomic E-state index is 0.0310. The van der Waals surface area contributed by atoms with Crippen LogP contribution in [0.15, 0.2) is 59.8 Å². The lowest BCUT2D eigenvalue weighted by Crippen LogP contribution is -2.15. The number of rotatable bonds is 7. The van der Waals surface area contributed by atoms with Crippen molar-refractivity contribution in [1.82, 2.24) is 14.8 Å². The van der Waals surface area contributed by atoms with Crippen LogP contribution in [0.2, 0.25) is 0 Å². The normalized spacial score (nSPS) is 13.5. The first-order valence-corrected chi connectivity index (χ1v) is 10.3. The van der Waals surface area contributed by atoms with Gasteiger partial charge < -0.3 is 5.32 Å².